The van der Waals surface area contributed by atoms with E-state index in [1.807, 2.05) is 6.92 Å². The molecular weight excluding hydrogens is 505 g/mol. The van der Waals surface area contributed by atoms with Crippen LogP contribution >= 0.6 is 22.9 Å². The van der Waals surface area contributed by atoms with Crippen LogP contribution in [0.5, 0.6) is 5.75 Å². The van der Waals surface area contributed by atoms with E-state index in [9.17, 15) is 19.1 Å². The molecule has 1 fully saturated rings. The van der Waals surface area contributed by atoms with E-state index < -0.39 is 23.5 Å². The van der Waals surface area contributed by atoms with Crippen LogP contribution in [0.25, 0.3) is 16.0 Å². The normalized spacial score (nSPS) is 17.2. The number of pyridine rings is 1. The summed E-state index contributed by atoms with van der Waals surface area (Å²) in [4.78, 5) is 36.2. The fourth-order valence-electron chi connectivity index (χ4n) is 3.99. The van der Waals surface area contributed by atoms with Gasteiger partial charge in [0.1, 0.15) is 17.3 Å². The van der Waals surface area contributed by atoms with E-state index in [-0.39, 0.29) is 21.5 Å². The number of benzene rings is 2. The maximum Gasteiger partial charge on any atom is 0.301 e. The third kappa shape index (κ3) is 4.20. The lowest BCUT2D eigenvalue weighted by Gasteiger charge is -2.22. The summed E-state index contributed by atoms with van der Waals surface area (Å²) in [6, 6.07) is 11.6. The number of carbonyl (C=O) groups is 2. The van der Waals surface area contributed by atoms with Gasteiger partial charge in [-0.05, 0) is 60.5 Å². The van der Waals surface area contributed by atoms with Gasteiger partial charge in [-0.1, -0.05) is 29.9 Å². The van der Waals surface area contributed by atoms with Crippen molar-refractivity contribution in [2.24, 2.45) is 0 Å². The molecular formula is C26H19ClFN3O4S. The highest BCUT2D eigenvalue weighted by atomic mass is 35.5. The molecule has 0 saturated carbocycles. The number of fused-ring (bicyclic) bond motifs is 1. The number of rotatable bonds is 6. The second kappa shape index (κ2) is 9.67. The Morgan fingerprint density at radius 2 is 1.89 bits per heavy atom. The smallest absolute Gasteiger partial charge is 0.301 e. The largest absolute Gasteiger partial charge is 0.507 e. The predicted molar refractivity (Wildman–Crippen MR) is 136 cm³/mol. The van der Waals surface area contributed by atoms with Gasteiger partial charge >= 0.3 is 5.91 Å². The molecule has 5 rings (SSSR count). The number of ether oxygens (including phenoxy) is 1. The number of thiazole rings is 1. The van der Waals surface area contributed by atoms with E-state index in [0.29, 0.717) is 33.7 Å². The topological polar surface area (TPSA) is 92.6 Å². The number of hydrogen-bond donors (Lipinski definition) is 1. The lowest BCUT2D eigenvalue weighted by Crippen LogP contribution is -2.29. The van der Waals surface area contributed by atoms with Crippen LogP contribution in [-0.4, -0.2) is 33.4 Å². The minimum absolute atomic E-state index is 0.0862. The molecule has 0 bridgehead atoms. The van der Waals surface area contributed by atoms with Crippen molar-refractivity contribution in [3.63, 3.8) is 0 Å². The number of aliphatic hydroxyl groups excluding tert-OH is 1. The Morgan fingerprint density at radius 3 is 2.58 bits per heavy atom. The van der Waals surface area contributed by atoms with Gasteiger partial charge in [0, 0.05) is 18.0 Å². The second-order valence-electron chi connectivity index (χ2n) is 8.05. The van der Waals surface area contributed by atoms with Crippen molar-refractivity contribution in [2.75, 3.05) is 11.5 Å². The molecule has 1 aliphatic heterocycles. The summed E-state index contributed by atoms with van der Waals surface area (Å²) in [5.41, 5.74) is 1.21. The molecule has 2 aromatic heterocycles. The van der Waals surface area contributed by atoms with Gasteiger partial charge in [-0.2, -0.15) is 0 Å². The second-order valence-corrected chi connectivity index (χ2v) is 9.47. The van der Waals surface area contributed by atoms with Crippen LogP contribution in [0, 0.1) is 5.82 Å². The molecule has 182 valence electrons. The summed E-state index contributed by atoms with van der Waals surface area (Å²) in [6.45, 7) is 2.55. The summed E-state index contributed by atoms with van der Waals surface area (Å²) in [6.07, 6.45) is 3.91. The van der Waals surface area contributed by atoms with Crippen LogP contribution in [0.4, 0.5) is 9.52 Å². The van der Waals surface area contributed by atoms with Gasteiger partial charge in [-0.25, -0.2) is 9.37 Å². The zero-order valence-corrected chi connectivity index (χ0v) is 20.5. The van der Waals surface area contributed by atoms with Gasteiger partial charge in [0.15, 0.2) is 5.13 Å². The van der Waals surface area contributed by atoms with E-state index in [1.165, 1.54) is 29.4 Å². The minimum Gasteiger partial charge on any atom is -0.507 e. The Hall–Kier alpha value is -3.82. The van der Waals surface area contributed by atoms with Crippen molar-refractivity contribution in [3.05, 3.63) is 88.5 Å². The van der Waals surface area contributed by atoms with Crippen LogP contribution in [0.2, 0.25) is 5.02 Å². The highest BCUT2D eigenvalue weighted by molar-refractivity contribution is 7.22. The lowest BCUT2D eigenvalue weighted by atomic mass is 9.96. The Balaban J connectivity index is 1.64. The number of anilines is 1. The van der Waals surface area contributed by atoms with Crippen molar-refractivity contribution in [1.82, 2.24) is 9.97 Å². The average Bonchev–Trinajstić information content (AvgIpc) is 3.40. The third-order valence-electron chi connectivity index (χ3n) is 5.69. The Kier molecular flexibility index (Phi) is 6.42. The molecule has 3 heterocycles. The van der Waals surface area contributed by atoms with Gasteiger partial charge < -0.3 is 9.84 Å². The van der Waals surface area contributed by atoms with E-state index >= 15 is 0 Å². The fourth-order valence-corrected chi connectivity index (χ4v) is 5.15. The molecule has 1 N–H and O–H groups in total. The summed E-state index contributed by atoms with van der Waals surface area (Å²) >= 11 is 6.95. The molecule has 1 saturated heterocycles. The summed E-state index contributed by atoms with van der Waals surface area (Å²) in [7, 11) is 0. The number of nitrogens with zero attached hydrogens (tertiary/aromatic N) is 3. The summed E-state index contributed by atoms with van der Waals surface area (Å²) < 4.78 is 20.1. The first kappa shape index (κ1) is 23.9. The number of hydrogen-bond acceptors (Lipinski definition) is 7. The molecule has 36 heavy (non-hydrogen) atoms. The SMILES string of the molecule is CCCOc1ccc(/C(O)=C2\C(=O)C(=O)N(c3nc4cc(Cl)c(F)cc4s3)C2c2ccncc2)cc1. The van der Waals surface area contributed by atoms with Gasteiger partial charge in [0.25, 0.3) is 5.78 Å². The van der Waals surface area contributed by atoms with Crippen LogP contribution in [0.3, 0.4) is 0 Å². The summed E-state index contributed by atoms with van der Waals surface area (Å²) in [5, 5.41) is 11.3. The molecule has 2 aromatic carbocycles. The van der Waals surface area contributed by atoms with Crippen molar-refractivity contribution >= 4 is 55.7 Å². The number of carbonyl (C=O) groups excluding carboxylic acids is 2. The Morgan fingerprint density at radius 1 is 1.17 bits per heavy atom. The molecule has 0 spiro atoms. The number of amides is 1. The molecule has 1 amide bonds. The van der Waals surface area contributed by atoms with E-state index in [4.69, 9.17) is 16.3 Å². The first-order chi connectivity index (χ1) is 17.4. The van der Waals surface area contributed by atoms with E-state index in [0.717, 1.165) is 17.8 Å². The molecule has 1 unspecified atom stereocenters. The van der Waals surface area contributed by atoms with Gasteiger partial charge in [-0.3, -0.25) is 19.5 Å². The molecule has 7 nitrogen and oxygen atoms in total. The van der Waals surface area contributed by atoms with Gasteiger partial charge in [-0.15, -0.1) is 0 Å². The number of Topliss-reactive ketones (excluding diaryl/α,β-unsaturated/α-hetero) is 1. The number of aromatic nitrogens is 2. The average molecular weight is 524 g/mol. The molecule has 10 heteroatoms. The first-order valence-electron chi connectivity index (χ1n) is 11.1. The van der Waals surface area contributed by atoms with Crippen LogP contribution in [0.1, 0.15) is 30.5 Å². The van der Waals surface area contributed by atoms with Crippen molar-refractivity contribution in [1.29, 1.82) is 0 Å². The Labute approximate surface area is 214 Å². The molecule has 1 aliphatic rings. The maximum atomic E-state index is 14.0. The molecule has 0 aliphatic carbocycles. The highest BCUT2D eigenvalue weighted by Crippen LogP contribution is 2.44. The highest BCUT2D eigenvalue weighted by Gasteiger charge is 2.48. The third-order valence-corrected chi connectivity index (χ3v) is 7.00. The van der Waals surface area contributed by atoms with E-state index in [2.05, 4.69) is 9.97 Å². The van der Waals surface area contributed by atoms with E-state index in [1.54, 1.807) is 36.4 Å². The number of aliphatic hydroxyl groups is 1. The van der Waals surface area contributed by atoms with Crippen molar-refractivity contribution < 1.29 is 23.8 Å². The molecule has 1 atom stereocenters. The quantitative estimate of drug-likeness (QED) is 0.192. The fraction of sp³-hybridized carbons (Fsp3) is 0.154. The lowest BCUT2D eigenvalue weighted by molar-refractivity contribution is -0.132. The monoisotopic (exact) mass is 523 g/mol. The zero-order chi connectivity index (χ0) is 25.4. The molecule has 0 radical (unpaired) electrons. The van der Waals surface area contributed by atoms with Gasteiger partial charge in [0.05, 0.1) is 33.5 Å². The standard InChI is InChI=1S/C26H19ClFN3O4S/c1-2-11-35-16-5-3-15(4-6-16)23(32)21-22(14-7-9-29-10-8-14)31(25(34)24(21)33)26-30-19-12-17(27)18(28)13-20(19)36-26/h3-10,12-13,22,32H,2,11H2,1H3/b23-21+. The first-order valence-corrected chi connectivity index (χ1v) is 12.3. The maximum absolute atomic E-state index is 14.0. The van der Waals surface area contributed by atoms with Crippen LogP contribution in [-0.2, 0) is 9.59 Å². The zero-order valence-electron chi connectivity index (χ0n) is 18.9. The number of halogens is 2. The van der Waals surface area contributed by atoms with Crippen molar-refractivity contribution in [2.45, 2.75) is 19.4 Å². The number of ketones is 1. The van der Waals surface area contributed by atoms with Gasteiger partial charge in [0.2, 0.25) is 0 Å². The Bertz CT molecular complexity index is 1470. The van der Waals surface area contributed by atoms with Crippen LogP contribution in [0.15, 0.2) is 66.5 Å². The summed E-state index contributed by atoms with van der Waals surface area (Å²) in [5.74, 6) is -2.02. The predicted octanol–water partition coefficient (Wildman–Crippen LogP) is 5.90. The van der Waals surface area contributed by atoms with Crippen molar-refractivity contribution in [3.8, 4) is 5.75 Å². The van der Waals surface area contributed by atoms with Crippen LogP contribution < -0.4 is 9.64 Å². The minimum atomic E-state index is -0.968. The molecule has 4 aromatic rings.